The summed E-state index contributed by atoms with van der Waals surface area (Å²) < 4.78 is 1.73. The van der Waals surface area contributed by atoms with Gasteiger partial charge < -0.3 is 0 Å². The highest BCUT2D eigenvalue weighted by atomic mass is 16.1. The van der Waals surface area contributed by atoms with E-state index in [-0.39, 0.29) is 5.56 Å². The highest BCUT2D eigenvalue weighted by molar-refractivity contribution is 5.17. The summed E-state index contributed by atoms with van der Waals surface area (Å²) >= 11 is 0. The fourth-order valence-electron chi connectivity index (χ4n) is 2.31. The van der Waals surface area contributed by atoms with Crippen LogP contribution in [0.4, 0.5) is 0 Å². The molecule has 2 rings (SSSR count). The zero-order chi connectivity index (χ0) is 14.5. The summed E-state index contributed by atoms with van der Waals surface area (Å²) in [5.41, 5.74) is 3.07. The fourth-order valence-corrected chi connectivity index (χ4v) is 2.31. The Hall–Kier alpha value is -1.90. The Kier molecular flexibility index (Phi) is 4.72. The SMILES string of the molecule is Cc1ncn(CCc2ccccc2)c(=O)c1CC(C)C. The molecule has 0 aliphatic heterocycles. The predicted molar refractivity (Wildman–Crippen MR) is 81.9 cm³/mol. The van der Waals surface area contributed by atoms with Gasteiger partial charge in [-0.3, -0.25) is 9.36 Å². The molecule has 106 valence electrons. The van der Waals surface area contributed by atoms with E-state index in [0.29, 0.717) is 12.5 Å². The van der Waals surface area contributed by atoms with Crippen LogP contribution in [0.5, 0.6) is 0 Å². The molecule has 0 unspecified atom stereocenters. The van der Waals surface area contributed by atoms with Gasteiger partial charge in [0.05, 0.1) is 6.33 Å². The summed E-state index contributed by atoms with van der Waals surface area (Å²) in [5, 5.41) is 0. The van der Waals surface area contributed by atoms with Crippen LogP contribution in [0.2, 0.25) is 0 Å². The van der Waals surface area contributed by atoms with Crippen molar-refractivity contribution in [3.05, 3.63) is 63.8 Å². The van der Waals surface area contributed by atoms with E-state index < -0.39 is 0 Å². The van der Waals surface area contributed by atoms with Crippen molar-refractivity contribution < 1.29 is 0 Å². The van der Waals surface area contributed by atoms with E-state index in [2.05, 4.69) is 31.0 Å². The van der Waals surface area contributed by atoms with Crippen LogP contribution in [-0.2, 0) is 19.4 Å². The molecule has 3 heteroatoms. The molecule has 0 N–H and O–H groups in total. The van der Waals surface area contributed by atoms with Crippen molar-refractivity contribution in [3.63, 3.8) is 0 Å². The first-order chi connectivity index (χ1) is 9.58. The molecular weight excluding hydrogens is 248 g/mol. The average Bonchev–Trinajstić information content (AvgIpc) is 2.43. The minimum Gasteiger partial charge on any atom is -0.299 e. The summed E-state index contributed by atoms with van der Waals surface area (Å²) in [6.45, 7) is 6.85. The molecule has 0 fully saturated rings. The Bertz CT molecular complexity index is 615. The van der Waals surface area contributed by atoms with Gasteiger partial charge in [0.1, 0.15) is 0 Å². The second kappa shape index (κ2) is 6.51. The van der Waals surface area contributed by atoms with E-state index >= 15 is 0 Å². The molecule has 2 aromatic rings. The molecular formula is C17H22N2O. The van der Waals surface area contributed by atoms with Crippen molar-refractivity contribution in [2.24, 2.45) is 5.92 Å². The maximum Gasteiger partial charge on any atom is 0.256 e. The summed E-state index contributed by atoms with van der Waals surface area (Å²) in [6, 6.07) is 10.2. The van der Waals surface area contributed by atoms with E-state index in [4.69, 9.17) is 0 Å². The molecule has 0 atom stereocenters. The first-order valence-corrected chi connectivity index (χ1v) is 7.16. The normalized spacial score (nSPS) is 11.0. The maximum absolute atomic E-state index is 12.5. The third-order valence-electron chi connectivity index (χ3n) is 3.44. The summed E-state index contributed by atoms with van der Waals surface area (Å²) in [4.78, 5) is 16.8. The maximum atomic E-state index is 12.5. The van der Waals surface area contributed by atoms with E-state index in [0.717, 1.165) is 24.1 Å². The molecule has 20 heavy (non-hydrogen) atoms. The van der Waals surface area contributed by atoms with Crippen LogP contribution in [0.25, 0.3) is 0 Å². The number of hydrogen-bond acceptors (Lipinski definition) is 2. The van der Waals surface area contributed by atoms with Crippen molar-refractivity contribution in [1.82, 2.24) is 9.55 Å². The molecule has 0 saturated carbocycles. The highest BCUT2D eigenvalue weighted by Crippen LogP contribution is 2.07. The molecule has 0 radical (unpaired) electrons. The lowest BCUT2D eigenvalue weighted by molar-refractivity contribution is 0.601. The molecule has 0 amide bonds. The van der Waals surface area contributed by atoms with Gasteiger partial charge in [-0.1, -0.05) is 44.2 Å². The van der Waals surface area contributed by atoms with E-state index in [1.165, 1.54) is 5.56 Å². The standard InChI is InChI=1S/C17H22N2O/c1-13(2)11-16-14(3)18-12-19(17(16)20)10-9-15-7-5-4-6-8-15/h4-8,12-13H,9-11H2,1-3H3. The Labute approximate surface area is 120 Å². The number of nitrogens with zero attached hydrogens (tertiary/aromatic N) is 2. The van der Waals surface area contributed by atoms with Crippen molar-refractivity contribution in [3.8, 4) is 0 Å². The topological polar surface area (TPSA) is 34.9 Å². The zero-order valence-corrected chi connectivity index (χ0v) is 12.5. The summed E-state index contributed by atoms with van der Waals surface area (Å²) in [7, 11) is 0. The van der Waals surface area contributed by atoms with Crippen molar-refractivity contribution >= 4 is 0 Å². The lowest BCUT2D eigenvalue weighted by Crippen LogP contribution is -2.27. The molecule has 0 aliphatic carbocycles. The van der Waals surface area contributed by atoms with Gasteiger partial charge in [-0.25, -0.2) is 4.98 Å². The van der Waals surface area contributed by atoms with Crippen LogP contribution in [0.15, 0.2) is 41.5 Å². The Morgan fingerprint density at radius 3 is 2.55 bits per heavy atom. The van der Waals surface area contributed by atoms with E-state index in [1.807, 2.05) is 25.1 Å². The molecule has 1 aromatic heterocycles. The van der Waals surface area contributed by atoms with Gasteiger partial charge in [0, 0.05) is 17.8 Å². The Morgan fingerprint density at radius 1 is 1.20 bits per heavy atom. The molecule has 0 aliphatic rings. The second-order valence-electron chi connectivity index (χ2n) is 5.64. The van der Waals surface area contributed by atoms with Gasteiger partial charge in [0.15, 0.2) is 0 Å². The molecule has 1 heterocycles. The number of aromatic nitrogens is 2. The van der Waals surface area contributed by atoms with Crippen molar-refractivity contribution in [1.29, 1.82) is 0 Å². The van der Waals surface area contributed by atoms with Gasteiger partial charge in [-0.15, -0.1) is 0 Å². The zero-order valence-electron chi connectivity index (χ0n) is 12.5. The van der Waals surface area contributed by atoms with Gasteiger partial charge in [0.2, 0.25) is 0 Å². The van der Waals surface area contributed by atoms with Crippen LogP contribution in [-0.4, -0.2) is 9.55 Å². The van der Waals surface area contributed by atoms with Crippen molar-refractivity contribution in [2.75, 3.05) is 0 Å². The van der Waals surface area contributed by atoms with E-state index in [1.54, 1.807) is 10.9 Å². The fraction of sp³-hybridized carbons (Fsp3) is 0.412. The second-order valence-corrected chi connectivity index (χ2v) is 5.64. The van der Waals surface area contributed by atoms with Crippen LogP contribution in [0.1, 0.15) is 30.7 Å². The first kappa shape index (κ1) is 14.5. The Morgan fingerprint density at radius 2 is 1.90 bits per heavy atom. The monoisotopic (exact) mass is 270 g/mol. The van der Waals surface area contributed by atoms with Gasteiger partial charge in [0.25, 0.3) is 5.56 Å². The van der Waals surface area contributed by atoms with Crippen LogP contribution >= 0.6 is 0 Å². The lowest BCUT2D eigenvalue weighted by Gasteiger charge is -2.11. The van der Waals surface area contributed by atoms with Crippen LogP contribution < -0.4 is 5.56 Å². The first-order valence-electron chi connectivity index (χ1n) is 7.16. The third-order valence-corrected chi connectivity index (χ3v) is 3.44. The predicted octanol–water partition coefficient (Wildman–Crippen LogP) is 2.99. The van der Waals surface area contributed by atoms with Gasteiger partial charge >= 0.3 is 0 Å². The minimum atomic E-state index is 0.113. The highest BCUT2D eigenvalue weighted by Gasteiger charge is 2.10. The summed E-state index contributed by atoms with van der Waals surface area (Å²) in [5.74, 6) is 0.466. The lowest BCUT2D eigenvalue weighted by atomic mass is 10.0. The largest absolute Gasteiger partial charge is 0.299 e. The molecule has 1 aromatic carbocycles. The van der Waals surface area contributed by atoms with E-state index in [9.17, 15) is 4.79 Å². The van der Waals surface area contributed by atoms with Crippen LogP contribution in [0, 0.1) is 12.8 Å². The van der Waals surface area contributed by atoms with Gasteiger partial charge in [-0.2, -0.15) is 0 Å². The number of hydrogen-bond donors (Lipinski definition) is 0. The molecule has 0 saturated heterocycles. The number of aryl methyl sites for hydroxylation is 3. The smallest absolute Gasteiger partial charge is 0.256 e. The Balaban J connectivity index is 2.18. The minimum absolute atomic E-state index is 0.113. The summed E-state index contributed by atoms with van der Waals surface area (Å²) in [6.07, 6.45) is 3.32. The quantitative estimate of drug-likeness (QED) is 0.837. The molecule has 0 bridgehead atoms. The molecule has 0 spiro atoms. The molecule has 3 nitrogen and oxygen atoms in total. The van der Waals surface area contributed by atoms with Crippen molar-refractivity contribution in [2.45, 2.75) is 40.2 Å². The van der Waals surface area contributed by atoms with Crippen LogP contribution in [0.3, 0.4) is 0 Å². The number of benzene rings is 1. The third kappa shape index (κ3) is 3.56. The number of rotatable bonds is 5. The van der Waals surface area contributed by atoms with Gasteiger partial charge in [-0.05, 0) is 31.2 Å². The average molecular weight is 270 g/mol.